The highest BCUT2D eigenvalue weighted by atomic mass is 32.2. The van der Waals surface area contributed by atoms with E-state index in [4.69, 9.17) is 4.42 Å². The molecular weight excluding hydrogens is 288 g/mol. The first-order valence-corrected chi connectivity index (χ1v) is 7.06. The smallest absolute Gasteiger partial charge is 0.264 e. The number of phenols is 1. The van der Waals surface area contributed by atoms with Crippen molar-refractivity contribution in [1.82, 2.24) is 5.32 Å². The molecule has 1 aliphatic heterocycles. The van der Waals surface area contributed by atoms with Crippen LogP contribution in [0.15, 0.2) is 50.9 Å². The Morgan fingerprint density at radius 1 is 1.38 bits per heavy atom. The molecule has 0 saturated carbocycles. The zero-order valence-corrected chi connectivity index (χ0v) is 12.0. The van der Waals surface area contributed by atoms with Crippen molar-refractivity contribution in [3.05, 3.63) is 52.8 Å². The normalized spacial score (nSPS) is 18.4. The van der Waals surface area contributed by atoms with Gasteiger partial charge < -0.3 is 14.8 Å². The van der Waals surface area contributed by atoms with Crippen molar-refractivity contribution >= 4 is 34.6 Å². The highest BCUT2D eigenvalue weighted by Crippen LogP contribution is 2.32. The van der Waals surface area contributed by atoms with E-state index in [0.29, 0.717) is 21.5 Å². The van der Waals surface area contributed by atoms with Crippen molar-refractivity contribution in [2.45, 2.75) is 6.92 Å². The molecule has 0 radical (unpaired) electrons. The summed E-state index contributed by atoms with van der Waals surface area (Å²) in [7, 11) is 0. The van der Waals surface area contributed by atoms with Gasteiger partial charge in [-0.05, 0) is 48.5 Å². The number of nitrogens with one attached hydrogen (secondary N) is 1. The minimum absolute atomic E-state index is 0.0754. The zero-order valence-electron chi connectivity index (χ0n) is 11.2. The summed E-state index contributed by atoms with van der Waals surface area (Å²) in [4.78, 5) is 16.6. The summed E-state index contributed by atoms with van der Waals surface area (Å²) in [6.07, 6.45) is 3.20. The van der Waals surface area contributed by atoms with Crippen LogP contribution in [0.5, 0.6) is 5.75 Å². The Kier molecular flexibility index (Phi) is 3.53. The van der Waals surface area contributed by atoms with Crippen LogP contribution < -0.4 is 5.32 Å². The van der Waals surface area contributed by atoms with Gasteiger partial charge in [-0.2, -0.15) is 0 Å². The van der Waals surface area contributed by atoms with Crippen LogP contribution in [0.2, 0.25) is 0 Å². The Bertz CT molecular complexity index is 748. The summed E-state index contributed by atoms with van der Waals surface area (Å²) >= 11 is 1.21. The molecule has 0 atom stereocenters. The minimum atomic E-state index is -0.234. The maximum atomic E-state index is 11.9. The summed E-state index contributed by atoms with van der Waals surface area (Å²) in [5, 5.41) is 12.9. The number of benzene rings is 1. The van der Waals surface area contributed by atoms with Gasteiger partial charge in [-0.1, -0.05) is 6.07 Å². The van der Waals surface area contributed by atoms with Gasteiger partial charge in [0, 0.05) is 6.08 Å². The molecule has 1 aliphatic rings. The van der Waals surface area contributed by atoms with Gasteiger partial charge in [-0.15, -0.1) is 0 Å². The summed E-state index contributed by atoms with van der Waals surface area (Å²) in [5.74, 6) is 0.445. The first kappa shape index (κ1) is 13.5. The fourth-order valence-electron chi connectivity index (χ4n) is 1.82. The Labute approximate surface area is 125 Å². The Morgan fingerprint density at radius 3 is 3.00 bits per heavy atom. The lowest BCUT2D eigenvalue weighted by molar-refractivity contribution is -0.115. The van der Waals surface area contributed by atoms with Gasteiger partial charge >= 0.3 is 0 Å². The molecule has 5 nitrogen and oxygen atoms in total. The van der Waals surface area contributed by atoms with Gasteiger partial charge in [0.05, 0.1) is 11.2 Å². The van der Waals surface area contributed by atoms with E-state index in [1.54, 1.807) is 42.7 Å². The molecule has 1 aromatic heterocycles. The molecule has 21 heavy (non-hydrogen) atoms. The fraction of sp³-hybridized carbons (Fsp3) is 0.0667. The number of phenolic OH excluding ortho intramolecular Hbond substituents is 1. The Balaban J connectivity index is 1.87. The maximum absolute atomic E-state index is 11.9. The third-order valence-corrected chi connectivity index (χ3v) is 3.73. The number of carbonyl (C=O) groups is 1. The molecule has 0 bridgehead atoms. The van der Waals surface area contributed by atoms with Crippen molar-refractivity contribution in [3.63, 3.8) is 0 Å². The summed E-state index contributed by atoms with van der Waals surface area (Å²) < 4.78 is 5.18. The van der Waals surface area contributed by atoms with E-state index in [1.807, 2.05) is 6.92 Å². The van der Waals surface area contributed by atoms with Crippen LogP contribution in [0, 0.1) is 6.92 Å². The molecule has 6 heteroatoms. The average Bonchev–Trinajstić information content (AvgIpc) is 3.06. The number of amidine groups is 1. The molecule has 106 valence electrons. The molecule has 2 N–H and O–H groups in total. The van der Waals surface area contributed by atoms with E-state index in [9.17, 15) is 9.90 Å². The molecule has 1 aromatic carbocycles. The Morgan fingerprint density at radius 2 is 2.24 bits per heavy atom. The number of aryl methyl sites for hydroxylation is 1. The number of rotatable bonds is 2. The molecule has 2 aromatic rings. The predicted molar refractivity (Wildman–Crippen MR) is 82.4 cm³/mol. The standard InChI is InChI=1S/C15H12N2O3S/c1-9-4-5-12(18)11(7-9)16-15-17-14(19)13(21-15)8-10-3-2-6-20-10/h2-8,18H,1H3,(H,16,17,19)/b13-8+. The summed E-state index contributed by atoms with van der Waals surface area (Å²) in [5.41, 5.74) is 1.41. The van der Waals surface area contributed by atoms with Crippen molar-refractivity contribution in [2.24, 2.45) is 4.99 Å². The molecular formula is C15H12N2O3S. The van der Waals surface area contributed by atoms with Crippen molar-refractivity contribution in [1.29, 1.82) is 0 Å². The number of aromatic hydroxyl groups is 1. The number of thioether (sulfide) groups is 1. The van der Waals surface area contributed by atoms with Crippen LogP contribution in [-0.4, -0.2) is 16.2 Å². The van der Waals surface area contributed by atoms with E-state index in [-0.39, 0.29) is 11.7 Å². The van der Waals surface area contributed by atoms with Crippen molar-refractivity contribution in [2.75, 3.05) is 0 Å². The second-order valence-corrected chi connectivity index (χ2v) is 5.52. The molecule has 2 heterocycles. The number of hydrogen-bond donors (Lipinski definition) is 2. The van der Waals surface area contributed by atoms with Crippen LogP contribution in [-0.2, 0) is 4.79 Å². The number of amides is 1. The number of hydrogen-bond acceptors (Lipinski definition) is 5. The molecule has 1 saturated heterocycles. The van der Waals surface area contributed by atoms with E-state index < -0.39 is 0 Å². The lowest BCUT2D eigenvalue weighted by Gasteiger charge is -2.01. The lowest BCUT2D eigenvalue weighted by atomic mass is 10.2. The molecule has 0 unspecified atom stereocenters. The largest absolute Gasteiger partial charge is 0.506 e. The predicted octanol–water partition coefficient (Wildman–Crippen LogP) is 3.19. The SMILES string of the molecule is Cc1ccc(O)c(N=C2NC(=O)/C(=C\c3ccco3)S2)c1. The minimum Gasteiger partial charge on any atom is -0.506 e. The molecule has 3 rings (SSSR count). The summed E-state index contributed by atoms with van der Waals surface area (Å²) in [6.45, 7) is 1.91. The van der Waals surface area contributed by atoms with Crippen LogP contribution in [0.3, 0.4) is 0 Å². The van der Waals surface area contributed by atoms with Crippen molar-refractivity contribution in [3.8, 4) is 5.75 Å². The van der Waals surface area contributed by atoms with Gasteiger partial charge in [0.25, 0.3) is 5.91 Å². The van der Waals surface area contributed by atoms with Crippen LogP contribution >= 0.6 is 11.8 Å². The summed E-state index contributed by atoms with van der Waals surface area (Å²) in [6, 6.07) is 8.65. The van der Waals surface area contributed by atoms with Gasteiger partial charge in [0.2, 0.25) is 0 Å². The Hall–Kier alpha value is -2.47. The monoisotopic (exact) mass is 300 g/mol. The molecule has 1 amide bonds. The van der Waals surface area contributed by atoms with Gasteiger partial charge in [0.1, 0.15) is 17.2 Å². The fourth-order valence-corrected chi connectivity index (χ4v) is 2.63. The van der Waals surface area contributed by atoms with E-state index in [1.165, 1.54) is 11.8 Å². The number of nitrogens with zero attached hydrogens (tertiary/aromatic N) is 1. The zero-order chi connectivity index (χ0) is 14.8. The quantitative estimate of drug-likeness (QED) is 0.835. The first-order valence-electron chi connectivity index (χ1n) is 6.24. The lowest BCUT2D eigenvalue weighted by Crippen LogP contribution is -2.19. The van der Waals surface area contributed by atoms with Crippen LogP contribution in [0.1, 0.15) is 11.3 Å². The number of carbonyl (C=O) groups excluding carboxylic acids is 1. The number of aliphatic imine (C=N–C) groups is 1. The molecule has 0 aliphatic carbocycles. The maximum Gasteiger partial charge on any atom is 0.264 e. The topological polar surface area (TPSA) is 74.8 Å². The van der Waals surface area contributed by atoms with Gasteiger partial charge in [-0.3, -0.25) is 4.79 Å². The average molecular weight is 300 g/mol. The van der Waals surface area contributed by atoms with Gasteiger partial charge in [-0.25, -0.2) is 4.99 Å². The number of furan rings is 1. The van der Waals surface area contributed by atoms with E-state index >= 15 is 0 Å². The highest BCUT2D eigenvalue weighted by molar-refractivity contribution is 8.18. The third-order valence-electron chi connectivity index (χ3n) is 2.82. The van der Waals surface area contributed by atoms with Gasteiger partial charge in [0.15, 0.2) is 5.17 Å². The van der Waals surface area contributed by atoms with E-state index in [0.717, 1.165) is 5.56 Å². The first-order chi connectivity index (χ1) is 10.1. The van der Waals surface area contributed by atoms with Crippen molar-refractivity contribution < 1.29 is 14.3 Å². The van der Waals surface area contributed by atoms with Crippen LogP contribution in [0.25, 0.3) is 6.08 Å². The highest BCUT2D eigenvalue weighted by Gasteiger charge is 2.24. The molecule has 0 spiro atoms. The second kappa shape index (κ2) is 5.49. The third kappa shape index (κ3) is 3.00. The van der Waals surface area contributed by atoms with E-state index in [2.05, 4.69) is 10.3 Å². The van der Waals surface area contributed by atoms with Crippen LogP contribution in [0.4, 0.5) is 5.69 Å². The molecule has 1 fully saturated rings. The second-order valence-electron chi connectivity index (χ2n) is 4.49.